The largest absolute Gasteiger partial charge is 0.297 e. The highest BCUT2D eigenvalue weighted by Crippen LogP contribution is 2.27. The highest BCUT2D eigenvalue weighted by atomic mass is 32.2. The van der Waals surface area contributed by atoms with Gasteiger partial charge in [-0.3, -0.25) is 19.1 Å². The number of non-ortho nitro benzene ring substituents is 1. The second-order valence-corrected chi connectivity index (χ2v) is 6.59. The fourth-order valence-corrected chi connectivity index (χ4v) is 3.47. The fourth-order valence-electron chi connectivity index (χ4n) is 2.43. The number of Topliss-reactive ketones (excluding diaryl/α,β-unsaturated/α-hetero) is 1. The number of ketones is 1. The Hall–Kier alpha value is -2.58. The van der Waals surface area contributed by atoms with Crippen LogP contribution >= 0.6 is 0 Å². The Balaban J connectivity index is 1.82. The van der Waals surface area contributed by atoms with E-state index >= 15 is 0 Å². The standard InChI is InChI=1S/C15H11NO6S/c17-15-13-4-2-1-3-10(13)9-14(15)22-23(20,21)12-7-5-11(6-8-12)16(18)19/h1-8,14H,9H2. The summed E-state index contributed by atoms with van der Waals surface area (Å²) in [5.41, 5.74) is 0.964. The van der Waals surface area contributed by atoms with Gasteiger partial charge in [0, 0.05) is 24.1 Å². The lowest BCUT2D eigenvalue weighted by atomic mass is 10.1. The first kappa shape index (κ1) is 15.3. The van der Waals surface area contributed by atoms with Crippen molar-refractivity contribution in [2.75, 3.05) is 0 Å². The van der Waals surface area contributed by atoms with Crippen molar-refractivity contribution in [3.63, 3.8) is 0 Å². The average molecular weight is 333 g/mol. The molecule has 0 fully saturated rings. The molecule has 0 bridgehead atoms. The van der Waals surface area contributed by atoms with Crippen molar-refractivity contribution in [2.24, 2.45) is 0 Å². The quantitative estimate of drug-likeness (QED) is 0.482. The van der Waals surface area contributed by atoms with E-state index < -0.39 is 21.1 Å². The van der Waals surface area contributed by atoms with Crippen LogP contribution in [0.1, 0.15) is 15.9 Å². The number of fused-ring (bicyclic) bond motifs is 1. The highest BCUT2D eigenvalue weighted by molar-refractivity contribution is 7.86. The molecule has 1 unspecified atom stereocenters. The number of hydrogen-bond acceptors (Lipinski definition) is 6. The van der Waals surface area contributed by atoms with Gasteiger partial charge in [-0.15, -0.1) is 0 Å². The Labute approximate surface area is 131 Å². The highest BCUT2D eigenvalue weighted by Gasteiger charge is 2.35. The molecule has 8 heteroatoms. The molecule has 0 heterocycles. The van der Waals surface area contributed by atoms with E-state index in [0.29, 0.717) is 5.56 Å². The summed E-state index contributed by atoms with van der Waals surface area (Å²) in [6.45, 7) is 0. The van der Waals surface area contributed by atoms with Gasteiger partial charge in [0.05, 0.1) is 9.82 Å². The van der Waals surface area contributed by atoms with Crippen molar-refractivity contribution in [3.05, 3.63) is 69.8 Å². The summed E-state index contributed by atoms with van der Waals surface area (Å²) in [6, 6.07) is 11.1. The summed E-state index contributed by atoms with van der Waals surface area (Å²) >= 11 is 0. The molecule has 0 N–H and O–H groups in total. The van der Waals surface area contributed by atoms with Gasteiger partial charge in [0.25, 0.3) is 15.8 Å². The van der Waals surface area contributed by atoms with Gasteiger partial charge < -0.3 is 0 Å². The Morgan fingerprint density at radius 3 is 2.35 bits per heavy atom. The van der Waals surface area contributed by atoms with Crippen molar-refractivity contribution in [2.45, 2.75) is 17.4 Å². The third kappa shape index (κ3) is 2.86. The number of carbonyl (C=O) groups is 1. The van der Waals surface area contributed by atoms with Crippen LogP contribution in [0.2, 0.25) is 0 Å². The first-order chi connectivity index (χ1) is 10.9. The third-order valence-electron chi connectivity index (χ3n) is 3.56. The molecule has 0 amide bonds. The van der Waals surface area contributed by atoms with Gasteiger partial charge in [-0.1, -0.05) is 24.3 Å². The molecule has 0 saturated heterocycles. The summed E-state index contributed by atoms with van der Waals surface area (Å²) in [4.78, 5) is 21.9. The van der Waals surface area contributed by atoms with Crippen LogP contribution in [0.15, 0.2) is 53.4 Å². The summed E-state index contributed by atoms with van der Waals surface area (Å²) in [7, 11) is -4.18. The predicted octanol–water partition coefficient (Wildman–Crippen LogP) is 2.11. The Kier molecular flexibility index (Phi) is 3.70. The van der Waals surface area contributed by atoms with Gasteiger partial charge >= 0.3 is 0 Å². The summed E-state index contributed by atoms with van der Waals surface area (Å²) in [6.07, 6.45) is -0.922. The molecular formula is C15H11NO6S. The topological polar surface area (TPSA) is 104 Å². The number of benzene rings is 2. The van der Waals surface area contributed by atoms with Gasteiger partial charge in [0.15, 0.2) is 5.78 Å². The molecule has 0 aromatic heterocycles. The van der Waals surface area contributed by atoms with Crippen molar-refractivity contribution >= 4 is 21.6 Å². The molecule has 1 atom stereocenters. The monoisotopic (exact) mass is 333 g/mol. The van der Waals surface area contributed by atoms with E-state index in [9.17, 15) is 23.3 Å². The number of carbonyl (C=O) groups excluding carboxylic acids is 1. The van der Waals surface area contributed by atoms with Gasteiger partial charge in [-0.2, -0.15) is 8.42 Å². The lowest BCUT2D eigenvalue weighted by Gasteiger charge is -2.10. The van der Waals surface area contributed by atoms with Crippen molar-refractivity contribution in [1.82, 2.24) is 0 Å². The molecule has 2 aromatic carbocycles. The van der Waals surface area contributed by atoms with E-state index in [-0.39, 0.29) is 22.8 Å². The van der Waals surface area contributed by atoms with Crippen LogP contribution in [0.5, 0.6) is 0 Å². The first-order valence-electron chi connectivity index (χ1n) is 6.68. The molecule has 7 nitrogen and oxygen atoms in total. The zero-order valence-electron chi connectivity index (χ0n) is 11.7. The smallest absolute Gasteiger partial charge is 0.291 e. The molecule has 0 saturated carbocycles. The molecule has 3 rings (SSSR count). The van der Waals surface area contributed by atoms with Gasteiger partial charge in [-0.05, 0) is 17.7 Å². The minimum atomic E-state index is -4.18. The van der Waals surface area contributed by atoms with Crippen LogP contribution in [0, 0.1) is 10.1 Å². The molecule has 1 aliphatic rings. The number of rotatable bonds is 4. The second-order valence-electron chi connectivity index (χ2n) is 5.02. The van der Waals surface area contributed by atoms with Crippen LogP contribution in [-0.2, 0) is 20.7 Å². The lowest BCUT2D eigenvalue weighted by Crippen LogP contribution is -2.24. The normalized spacial score (nSPS) is 17.0. The van der Waals surface area contributed by atoms with Crippen LogP contribution < -0.4 is 0 Å². The third-order valence-corrected chi connectivity index (χ3v) is 4.89. The summed E-state index contributed by atoms with van der Waals surface area (Å²) in [5.74, 6) is -0.383. The molecular weight excluding hydrogens is 322 g/mol. The average Bonchev–Trinajstić information content (AvgIpc) is 2.83. The maximum Gasteiger partial charge on any atom is 0.297 e. The minimum absolute atomic E-state index is 0.182. The summed E-state index contributed by atoms with van der Waals surface area (Å²) < 4.78 is 29.5. The number of nitrogens with zero attached hydrogens (tertiary/aromatic N) is 1. The summed E-state index contributed by atoms with van der Waals surface area (Å²) in [5, 5.41) is 10.6. The SMILES string of the molecule is O=C1c2ccccc2CC1OS(=O)(=O)c1ccc([N+](=O)[O-])cc1. The van der Waals surface area contributed by atoms with Gasteiger partial charge in [0.1, 0.15) is 6.10 Å². The Bertz CT molecular complexity index is 888. The van der Waals surface area contributed by atoms with E-state index in [2.05, 4.69) is 0 Å². The maximum absolute atomic E-state index is 12.2. The van der Waals surface area contributed by atoms with Crippen molar-refractivity contribution in [3.8, 4) is 0 Å². The van der Waals surface area contributed by atoms with E-state index in [4.69, 9.17) is 4.18 Å². The van der Waals surface area contributed by atoms with Crippen LogP contribution in [-0.4, -0.2) is 25.2 Å². The zero-order valence-corrected chi connectivity index (χ0v) is 12.5. The molecule has 0 radical (unpaired) electrons. The van der Waals surface area contributed by atoms with E-state index in [1.165, 1.54) is 0 Å². The van der Waals surface area contributed by atoms with Crippen molar-refractivity contribution in [1.29, 1.82) is 0 Å². The second kappa shape index (κ2) is 5.56. The fraction of sp³-hybridized carbons (Fsp3) is 0.133. The first-order valence-corrected chi connectivity index (χ1v) is 8.09. The molecule has 118 valence electrons. The van der Waals surface area contributed by atoms with E-state index in [1.807, 2.05) is 0 Å². The number of hydrogen-bond donors (Lipinski definition) is 0. The van der Waals surface area contributed by atoms with E-state index in [1.54, 1.807) is 24.3 Å². The minimum Gasteiger partial charge on any atom is -0.291 e. The van der Waals surface area contributed by atoms with Crippen LogP contribution in [0.25, 0.3) is 0 Å². The van der Waals surface area contributed by atoms with Crippen LogP contribution in [0.4, 0.5) is 5.69 Å². The van der Waals surface area contributed by atoms with Crippen LogP contribution in [0.3, 0.4) is 0 Å². The Morgan fingerprint density at radius 2 is 1.74 bits per heavy atom. The molecule has 0 aliphatic heterocycles. The lowest BCUT2D eigenvalue weighted by molar-refractivity contribution is -0.384. The molecule has 1 aliphatic carbocycles. The number of nitro groups is 1. The van der Waals surface area contributed by atoms with Gasteiger partial charge in [0.2, 0.25) is 0 Å². The maximum atomic E-state index is 12.2. The van der Waals surface area contributed by atoms with Gasteiger partial charge in [-0.25, -0.2) is 0 Å². The van der Waals surface area contributed by atoms with E-state index in [0.717, 1.165) is 29.8 Å². The molecule has 2 aromatic rings. The predicted molar refractivity (Wildman–Crippen MR) is 79.6 cm³/mol. The molecule has 0 spiro atoms. The number of nitro benzene ring substituents is 1. The molecule has 23 heavy (non-hydrogen) atoms. The zero-order chi connectivity index (χ0) is 16.6. The Morgan fingerprint density at radius 1 is 1.09 bits per heavy atom. The van der Waals surface area contributed by atoms with Crippen molar-refractivity contribution < 1.29 is 22.3 Å².